The molecule has 0 saturated carbocycles. The smallest absolute Gasteiger partial charge is 0.0705 e. The second-order valence-corrected chi connectivity index (χ2v) is 5.93. The molecule has 3 N–H and O–H groups in total. The Balaban J connectivity index is 2.11. The van der Waals surface area contributed by atoms with Gasteiger partial charge in [-0.05, 0) is 43.5 Å². The lowest BCUT2D eigenvalue weighted by atomic mass is 9.95. The minimum Gasteiger partial charge on any atom is -0.322 e. The molecular weight excluding hydrogens is 260 g/mol. The third-order valence-corrected chi connectivity index (χ3v) is 3.87. The van der Waals surface area contributed by atoms with E-state index in [-0.39, 0.29) is 5.54 Å². The summed E-state index contributed by atoms with van der Waals surface area (Å²) < 4.78 is 0. The fraction of sp³-hybridized carbons (Fsp3) is 0.294. The average Bonchev–Trinajstić information content (AvgIpc) is 2.94. The third kappa shape index (κ3) is 2.43. The van der Waals surface area contributed by atoms with Crippen molar-refractivity contribution >= 4 is 10.9 Å². The van der Waals surface area contributed by atoms with E-state index in [9.17, 15) is 0 Å². The SMILES string of the molecule is CCc1c(-c2ccc(C(C)(C)N)cn2)ccc2[nH]ncc12. The topological polar surface area (TPSA) is 67.6 Å². The van der Waals surface area contributed by atoms with Gasteiger partial charge < -0.3 is 5.73 Å². The summed E-state index contributed by atoms with van der Waals surface area (Å²) in [5.41, 5.74) is 11.2. The van der Waals surface area contributed by atoms with Crippen LogP contribution in [-0.2, 0) is 12.0 Å². The summed E-state index contributed by atoms with van der Waals surface area (Å²) in [5, 5.41) is 8.31. The fourth-order valence-corrected chi connectivity index (χ4v) is 2.63. The molecule has 0 unspecified atom stereocenters. The summed E-state index contributed by atoms with van der Waals surface area (Å²) in [7, 11) is 0. The highest BCUT2D eigenvalue weighted by Gasteiger charge is 2.15. The minimum atomic E-state index is -0.367. The summed E-state index contributed by atoms with van der Waals surface area (Å²) in [6, 6.07) is 8.26. The molecule has 0 aliphatic carbocycles. The number of aromatic nitrogens is 3. The Hall–Kier alpha value is -2.20. The van der Waals surface area contributed by atoms with Crippen LogP contribution in [0.15, 0.2) is 36.7 Å². The lowest BCUT2D eigenvalue weighted by Gasteiger charge is -2.19. The standard InChI is InChI=1S/C17H20N4/c1-4-12-13(6-8-16-14(12)10-20-21-16)15-7-5-11(9-19-15)17(2,3)18/h5-10H,4,18H2,1-3H3,(H,20,21). The number of aryl methyl sites for hydroxylation is 1. The largest absolute Gasteiger partial charge is 0.322 e. The summed E-state index contributed by atoms with van der Waals surface area (Å²) in [6.07, 6.45) is 4.70. The second kappa shape index (κ2) is 4.97. The molecule has 0 fully saturated rings. The fourth-order valence-electron chi connectivity index (χ4n) is 2.63. The normalized spacial score (nSPS) is 12.0. The molecule has 2 heterocycles. The zero-order chi connectivity index (χ0) is 15.0. The number of H-pyrrole nitrogens is 1. The van der Waals surface area contributed by atoms with Gasteiger partial charge in [0.2, 0.25) is 0 Å². The van der Waals surface area contributed by atoms with Crippen molar-refractivity contribution in [1.82, 2.24) is 15.2 Å². The Morgan fingerprint density at radius 2 is 1.95 bits per heavy atom. The zero-order valence-electron chi connectivity index (χ0n) is 12.6. The van der Waals surface area contributed by atoms with E-state index in [0.717, 1.165) is 28.8 Å². The molecule has 0 saturated heterocycles. The number of hydrogen-bond acceptors (Lipinski definition) is 3. The van der Waals surface area contributed by atoms with Gasteiger partial charge in [0.15, 0.2) is 0 Å². The second-order valence-electron chi connectivity index (χ2n) is 5.93. The van der Waals surface area contributed by atoms with Crippen LogP contribution in [-0.4, -0.2) is 15.2 Å². The highest BCUT2D eigenvalue weighted by molar-refractivity contribution is 5.88. The quantitative estimate of drug-likeness (QED) is 0.772. The predicted octanol–water partition coefficient (Wildman–Crippen LogP) is 3.38. The van der Waals surface area contributed by atoms with Crippen molar-refractivity contribution in [3.05, 3.63) is 47.8 Å². The number of nitrogens with two attached hydrogens (primary N) is 1. The Morgan fingerprint density at radius 1 is 1.14 bits per heavy atom. The third-order valence-electron chi connectivity index (χ3n) is 3.87. The Morgan fingerprint density at radius 3 is 2.57 bits per heavy atom. The molecular formula is C17H20N4. The van der Waals surface area contributed by atoms with Crippen LogP contribution in [0, 0.1) is 0 Å². The monoisotopic (exact) mass is 280 g/mol. The molecule has 2 aromatic heterocycles. The number of benzene rings is 1. The minimum absolute atomic E-state index is 0.367. The first-order valence-corrected chi connectivity index (χ1v) is 7.21. The number of rotatable bonds is 3. The summed E-state index contributed by atoms with van der Waals surface area (Å²) in [6.45, 7) is 6.13. The molecule has 0 aliphatic heterocycles. The van der Waals surface area contributed by atoms with E-state index in [1.807, 2.05) is 32.3 Å². The maximum Gasteiger partial charge on any atom is 0.0705 e. The van der Waals surface area contributed by atoms with E-state index in [0.29, 0.717) is 0 Å². The molecule has 0 bridgehead atoms. The van der Waals surface area contributed by atoms with E-state index in [4.69, 9.17) is 5.73 Å². The van der Waals surface area contributed by atoms with Gasteiger partial charge in [0.05, 0.1) is 17.4 Å². The van der Waals surface area contributed by atoms with Crippen LogP contribution in [0.2, 0.25) is 0 Å². The van der Waals surface area contributed by atoms with E-state index < -0.39 is 0 Å². The summed E-state index contributed by atoms with van der Waals surface area (Å²) in [4.78, 5) is 4.60. The Kier molecular flexibility index (Phi) is 3.26. The number of fused-ring (bicyclic) bond motifs is 1. The highest BCUT2D eigenvalue weighted by atomic mass is 15.1. The van der Waals surface area contributed by atoms with Gasteiger partial charge in [0, 0.05) is 22.7 Å². The van der Waals surface area contributed by atoms with Crippen LogP contribution < -0.4 is 5.73 Å². The molecule has 3 aromatic rings. The maximum atomic E-state index is 6.11. The number of hydrogen-bond donors (Lipinski definition) is 2. The number of nitrogens with one attached hydrogen (secondary N) is 1. The summed E-state index contributed by atoms with van der Waals surface area (Å²) >= 11 is 0. The van der Waals surface area contributed by atoms with Crippen molar-refractivity contribution in [1.29, 1.82) is 0 Å². The molecule has 21 heavy (non-hydrogen) atoms. The number of nitrogens with zero attached hydrogens (tertiary/aromatic N) is 2. The van der Waals surface area contributed by atoms with Gasteiger partial charge in [-0.3, -0.25) is 10.1 Å². The number of aromatic amines is 1. The predicted molar refractivity (Wildman–Crippen MR) is 85.9 cm³/mol. The first kappa shape index (κ1) is 13.8. The van der Waals surface area contributed by atoms with Gasteiger partial charge in [-0.15, -0.1) is 0 Å². The van der Waals surface area contributed by atoms with Crippen molar-refractivity contribution in [3.8, 4) is 11.3 Å². The summed E-state index contributed by atoms with van der Waals surface area (Å²) in [5.74, 6) is 0. The maximum absolute atomic E-state index is 6.11. The molecule has 0 radical (unpaired) electrons. The first-order chi connectivity index (χ1) is 10.0. The molecule has 0 aliphatic rings. The molecule has 0 spiro atoms. The van der Waals surface area contributed by atoms with Gasteiger partial charge in [0.1, 0.15) is 0 Å². The molecule has 4 nitrogen and oxygen atoms in total. The van der Waals surface area contributed by atoms with Crippen molar-refractivity contribution in [2.45, 2.75) is 32.7 Å². The van der Waals surface area contributed by atoms with Crippen molar-refractivity contribution < 1.29 is 0 Å². The zero-order valence-corrected chi connectivity index (χ0v) is 12.6. The van der Waals surface area contributed by atoms with Gasteiger partial charge in [-0.1, -0.05) is 19.1 Å². The van der Waals surface area contributed by atoms with Crippen LogP contribution in [0.4, 0.5) is 0 Å². The molecule has 108 valence electrons. The van der Waals surface area contributed by atoms with Crippen LogP contribution in [0.5, 0.6) is 0 Å². The van der Waals surface area contributed by atoms with Gasteiger partial charge in [0.25, 0.3) is 0 Å². The van der Waals surface area contributed by atoms with Gasteiger partial charge >= 0.3 is 0 Å². The van der Waals surface area contributed by atoms with Crippen LogP contribution in [0.1, 0.15) is 31.9 Å². The van der Waals surface area contributed by atoms with Crippen LogP contribution >= 0.6 is 0 Å². The van der Waals surface area contributed by atoms with E-state index >= 15 is 0 Å². The Labute approximate surface area is 124 Å². The van der Waals surface area contributed by atoms with Crippen molar-refractivity contribution in [3.63, 3.8) is 0 Å². The molecule has 0 atom stereocenters. The van der Waals surface area contributed by atoms with Crippen molar-refractivity contribution in [2.24, 2.45) is 5.73 Å². The van der Waals surface area contributed by atoms with E-state index in [2.05, 4.69) is 40.3 Å². The molecule has 1 aromatic carbocycles. The molecule has 0 amide bonds. The first-order valence-electron chi connectivity index (χ1n) is 7.21. The number of pyridine rings is 1. The Bertz CT molecular complexity index is 764. The van der Waals surface area contributed by atoms with E-state index in [1.54, 1.807) is 0 Å². The van der Waals surface area contributed by atoms with Crippen LogP contribution in [0.3, 0.4) is 0 Å². The lowest BCUT2D eigenvalue weighted by molar-refractivity contribution is 0.552. The van der Waals surface area contributed by atoms with Crippen LogP contribution in [0.25, 0.3) is 22.2 Å². The van der Waals surface area contributed by atoms with Gasteiger partial charge in [-0.25, -0.2) is 0 Å². The molecule has 4 heteroatoms. The lowest BCUT2D eigenvalue weighted by Crippen LogP contribution is -2.28. The highest BCUT2D eigenvalue weighted by Crippen LogP contribution is 2.29. The van der Waals surface area contributed by atoms with Gasteiger partial charge in [-0.2, -0.15) is 5.10 Å². The molecule has 3 rings (SSSR count). The van der Waals surface area contributed by atoms with E-state index in [1.165, 1.54) is 10.9 Å². The average molecular weight is 280 g/mol. The van der Waals surface area contributed by atoms with Crippen molar-refractivity contribution in [2.75, 3.05) is 0 Å².